The molecule has 0 N–H and O–H groups in total. The predicted molar refractivity (Wildman–Crippen MR) is 295 cm³/mol. The van der Waals surface area contributed by atoms with Gasteiger partial charge < -0.3 is 4.90 Å². The van der Waals surface area contributed by atoms with Crippen molar-refractivity contribution in [2.24, 2.45) is 0 Å². The van der Waals surface area contributed by atoms with Crippen molar-refractivity contribution in [1.82, 2.24) is 0 Å². The highest BCUT2D eigenvalue weighted by atomic mass is 15.1. The van der Waals surface area contributed by atoms with E-state index in [0.29, 0.717) is 0 Å². The fraction of sp³-hybridized carbons (Fsp3) is 0.0145. The molecule has 12 aromatic carbocycles. The average molecular weight is 890 g/mol. The number of para-hydroxylation sites is 1. The first-order valence-electron chi connectivity index (χ1n) is 24.3. The van der Waals surface area contributed by atoms with E-state index in [2.05, 4.69) is 290 Å². The molecular formula is C69H47N. The Kier molecular flexibility index (Phi) is 10.1. The highest BCUT2D eigenvalue weighted by Gasteiger charge is 2.46. The van der Waals surface area contributed by atoms with E-state index in [-0.39, 0.29) is 0 Å². The normalized spacial score (nSPS) is 12.4. The Labute approximate surface area is 409 Å². The summed E-state index contributed by atoms with van der Waals surface area (Å²) in [4.78, 5) is 2.48. The van der Waals surface area contributed by atoms with Crippen molar-refractivity contribution in [2.75, 3.05) is 4.90 Å². The third-order valence-electron chi connectivity index (χ3n) is 14.5. The zero-order chi connectivity index (χ0) is 46.4. The first-order chi connectivity index (χ1) is 34.8. The first-order valence-corrected chi connectivity index (χ1v) is 24.3. The molecule has 13 rings (SSSR count). The molecule has 1 heteroatoms. The summed E-state index contributed by atoms with van der Waals surface area (Å²) < 4.78 is 0. The van der Waals surface area contributed by atoms with Crippen molar-refractivity contribution in [1.29, 1.82) is 0 Å². The quantitative estimate of drug-likeness (QED) is 0.131. The molecule has 0 aromatic heterocycles. The Hall–Kier alpha value is -9.04. The van der Waals surface area contributed by atoms with Crippen LogP contribution in [0.5, 0.6) is 0 Å². The van der Waals surface area contributed by atoms with Gasteiger partial charge in [-0.3, -0.25) is 0 Å². The van der Waals surface area contributed by atoms with Crippen LogP contribution in [0.15, 0.2) is 285 Å². The molecule has 0 radical (unpaired) electrons. The van der Waals surface area contributed by atoms with Gasteiger partial charge in [-0.05, 0) is 130 Å². The minimum atomic E-state index is -0.493. The lowest BCUT2D eigenvalue weighted by Gasteiger charge is -2.34. The van der Waals surface area contributed by atoms with Gasteiger partial charge in [-0.1, -0.05) is 249 Å². The monoisotopic (exact) mass is 889 g/mol. The van der Waals surface area contributed by atoms with Crippen molar-refractivity contribution in [2.45, 2.75) is 5.41 Å². The van der Waals surface area contributed by atoms with Crippen molar-refractivity contribution in [3.05, 3.63) is 307 Å². The number of anilines is 3. The van der Waals surface area contributed by atoms with E-state index in [0.717, 1.165) is 33.8 Å². The number of nitrogens with zero attached hydrogens (tertiary/aromatic N) is 1. The molecule has 328 valence electrons. The molecule has 12 aromatic rings. The number of hydrogen-bond donors (Lipinski definition) is 0. The molecule has 0 amide bonds. The second kappa shape index (κ2) is 17.2. The summed E-state index contributed by atoms with van der Waals surface area (Å²) in [5.74, 6) is 0. The SMILES string of the molecule is c1ccc(-c2cccc(N(c3ccc4c(c3)-c3ccccc3C4(c3ccccc3)c3ccccc3)c3ccccc3-c3ccc4c(c3)c(-c3ccccc3)c(-c3ccccc3)c3ccccc34)c2)cc1. The Morgan fingerprint density at radius 1 is 0.243 bits per heavy atom. The van der Waals surface area contributed by atoms with Gasteiger partial charge in [-0.15, -0.1) is 0 Å². The van der Waals surface area contributed by atoms with Gasteiger partial charge in [0.1, 0.15) is 0 Å². The molecule has 0 saturated heterocycles. The Morgan fingerprint density at radius 3 is 1.40 bits per heavy atom. The maximum atomic E-state index is 2.48. The van der Waals surface area contributed by atoms with Gasteiger partial charge in [0, 0.05) is 16.9 Å². The maximum Gasteiger partial charge on any atom is 0.0713 e. The molecule has 70 heavy (non-hydrogen) atoms. The van der Waals surface area contributed by atoms with Gasteiger partial charge >= 0.3 is 0 Å². The Bertz CT molecular complexity index is 3820. The zero-order valence-corrected chi connectivity index (χ0v) is 38.6. The number of rotatable bonds is 9. The summed E-state index contributed by atoms with van der Waals surface area (Å²) in [7, 11) is 0. The molecule has 0 bridgehead atoms. The molecule has 0 atom stereocenters. The molecule has 1 aliphatic carbocycles. The minimum absolute atomic E-state index is 0.493. The van der Waals surface area contributed by atoms with Crippen LogP contribution >= 0.6 is 0 Å². The Morgan fingerprint density at radius 2 is 0.729 bits per heavy atom. The summed E-state index contributed by atoms with van der Waals surface area (Å²) in [5.41, 5.74) is 19.9. The van der Waals surface area contributed by atoms with Gasteiger partial charge in [0.05, 0.1) is 11.1 Å². The molecule has 0 aliphatic heterocycles. The maximum absolute atomic E-state index is 2.48. The third kappa shape index (κ3) is 6.70. The number of benzene rings is 12. The molecule has 0 heterocycles. The third-order valence-corrected chi connectivity index (χ3v) is 14.5. The highest BCUT2D eigenvalue weighted by molar-refractivity contribution is 6.22. The van der Waals surface area contributed by atoms with Crippen LogP contribution in [0.4, 0.5) is 17.1 Å². The van der Waals surface area contributed by atoms with E-state index in [9.17, 15) is 0 Å². The van der Waals surface area contributed by atoms with Crippen molar-refractivity contribution < 1.29 is 0 Å². The molecule has 0 fully saturated rings. The van der Waals surface area contributed by atoms with Crippen LogP contribution in [0.3, 0.4) is 0 Å². The van der Waals surface area contributed by atoms with E-state index in [1.165, 1.54) is 82.7 Å². The lowest BCUT2D eigenvalue weighted by Crippen LogP contribution is -2.28. The van der Waals surface area contributed by atoms with Crippen LogP contribution in [-0.2, 0) is 5.41 Å². The van der Waals surface area contributed by atoms with E-state index in [1.54, 1.807) is 0 Å². The predicted octanol–water partition coefficient (Wildman–Crippen LogP) is 18.5. The molecular weight excluding hydrogens is 843 g/mol. The number of hydrogen-bond acceptors (Lipinski definition) is 1. The zero-order valence-electron chi connectivity index (χ0n) is 38.6. The van der Waals surface area contributed by atoms with Gasteiger partial charge in [-0.2, -0.15) is 0 Å². The fourth-order valence-corrected chi connectivity index (χ4v) is 11.5. The van der Waals surface area contributed by atoms with Gasteiger partial charge in [-0.25, -0.2) is 0 Å². The van der Waals surface area contributed by atoms with Crippen LogP contribution in [0.1, 0.15) is 22.3 Å². The van der Waals surface area contributed by atoms with Gasteiger partial charge in [0.25, 0.3) is 0 Å². The van der Waals surface area contributed by atoms with Gasteiger partial charge in [0.15, 0.2) is 0 Å². The smallest absolute Gasteiger partial charge is 0.0713 e. The van der Waals surface area contributed by atoms with Gasteiger partial charge in [0.2, 0.25) is 0 Å². The second-order valence-corrected chi connectivity index (χ2v) is 18.3. The Balaban J connectivity index is 1.07. The van der Waals surface area contributed by atoms with Crippen LogP contribution < -0.4 is 4.90 Å². The average Bonchev–Trinajstić information content (AvgIpc) is 3.74. The van der Waals surface area contributed by atoms with Crippen molar-refractivity contribution >= 4 is 38.6 Å². The molecule has 1 aliphatic rings. The lowest BCUT2D eigenvalue weighted by atomic mass is 9.68. The van der Waals surface area contributed by atoms with Crippen molar-refractivity contribution in [3.63, 3.8) is 0 Å². The van der Waals surface area contributed by atoms with Crippen LogP contribution in [0, 0.1) is 0 Å². The van der Waals surface area contributed by atoms with E-state index < -0.39 is 5.41 Å². The van der Waals surface area contributed by atoms with Crippen LogP contribution in [0.25, 0.3) is 77.2 Å². The summed E-state index contributed by atoms with van der Waals surface area (Å²) in [6.07, 6.45) is 0. The molecule has 1 nitrogen and oxygen atoms in total. The summed E-state index contributed by atoms with van der Waals surface area (Å²) in [6.45, 7) is 0. The van der Waals surface area contributed by atoms with Crippen molar-refractivity contribution in [3.8, 4) is 55.6 Å². The summed E-state index contributed by atoms with van der Waals surface area (Å²) in [6, 6.07) is 105. The van der Waals surface area contributed by atoms with Crippen LogP contribution in [-0.4, -0.2) is 0 Å². The van der Waals surface area contributed by atoms with Crippen LogP contribution in [0.2, 0.25) is 0 Å². The first kappa shape index (κ1) is 41.2. The highest BCUT2D eigenvalue weighted by Crippen LogP contribution is 2.57. The molecule has 0 unspecified atom stereocenters. The van der Waals surface area contributed by atoms with E-state index in [4.69, 9.17) is 0 Å². The lowest BCUT2D eigenvalue weighted by molar-refractivity contribution is 0.768. The minimum Gasteiger partial charge on any atom is -0.310 e. The number of fused-ring (bicyclic) bond motifs is 6. The molecule has 0 saturated carbocycles. The largest absolute Gasteiger partial charge is 0.310 e. The standard InChI is InChI=1S/C69H47N/c1-6-23-48(24-7-1)51-29-22-34-55(45-51)70(56-42-44-65-62(47-56)60-37-18-20-39-64(60)69(65,53-30-12-4-13-31-53)54-32-14-5-15-33-54)66-40-21-19-35-57(66)52-41-43-59-58-36-16-17-38-61(58)67(49-25-8-2-9-26-49)68(63(59)46-52)50-27-10-3-11-28-50/h1-47H. The fourth-order valence-electron chi connectivity index (χ4n) is 11.5. The molecule has 0 spiro atoms. The summed E-state index contributed by atoms with van der Waals surface area (Å²) >= 11 is 0. The van der Waals surface area contributed by atoms with E-state index >= 15 is 0 Å². The summed E-state index contributed by atoms with van der Waals surface area (Å²) in [5, 5.41) is 4.96. The second-order valence-electron chi connectivity index (χ2n) is 18.3. The van der Waals surface area contributed by atoms with E-state index in [1.807, 2.05) is 0 Å². The topological polar surface area (TPSA) is 3.24 Å².